The molecule has 9 nitrogen and oxygen atoms in total. The molecule has 1 aliphatic heterocycles. The van der Waals surface area contributed by atoms with Gasteiger partial charge in [0, 0.05) is 31.4 Å². The highest BCUT2D eigenvalue weighted by molar-refractivity contribution is 5.76. The number of nitrogens with two attached hydrogens (primary N) is 1. The number of rotatable bonds is 5. The summed E-state index contributed by atoms with van der Waals surface area (Å²) in [5.41, 5.74) is 6.98. The van der Waals surface area contributed by atoms with Crippen molar-refractivity contribution in [2.45, 2.75) is 18.9 Å². The van der Waals surface area contributed by atoms with Gasteiger partial charge in [0.05, 0.1) is 12.1 Å². The SMILES string of the molecule is NC(=O)CN1CCC(Nc2nccc(-n3nnc4ccccc43)n2)CC1. The first-order chi connectivity index (χ1) is 12.7. The maximum atomic E-state index is 11.0. The predicted octanol–water partition coefficient (Wildman–Crippen LogP) is 0.572. The number of nitrogens with one attached hydrogen (secondary N) is 1. The first kappa shape index (κ1) is 16.4. The monoisotopic (exact) mass is 352 g/mol. The number of fused-ring (bicyclic) bond motifs is 1. The van der Waals surface area contributed by atoms with E-state index in [1.54, 1.807) is 10.9 Å². The number of aromatic nitrogens is 5. The highest BCUT2D eigenvalue weighted by Gasteiger charge is 2.20. The van der Waals surface area contributed by atoms with Crippen LogP contribution in [0.15, 0.2) is 36.5 Å². The third-order valence-electron chi connectivity index (χ3n) is 4.51. The number of amides is 1. The van der Waals surface area contributed by atoms with Gasteiger partial charge in [-0.25, -0.2) is 4.98 Å². The highest BCUT2D eigenvalue weighted by Crippen LogP contribution is 2.17. The van der Waals surface area contributed by atoms with Crippen LogP contribution in [0.25, 0.3) is 16.9 Å². The summed E-state index contributed by atoms with van der Waals surface area (Å²) < 4.78 is 1.71. The van der Waals surface area contributed by atoms with Gasteiger partial charge >= 0.3 is 0 Å². The number of anilines is 1. The van der Waals surface area contributed by atoms with Crippen molar-refractivity contribution >= 4 is 22.9 Å². The fourth-order valence-corrected chi connectivity index (χ4v) is 3.21. The zero-order chi connectivity index (χ0) is 17.9. The average Bonchev–Trinajstić information content (AvgIpc) is 3.07. The van der Waals surface area contributed by atoms with Crippen LogP contribution < -0.4 is 11.1 Å². The lowest BCUT2D eigenvalue weighted by molar-refractivity contribution is -0.119. The molecule has 3 N–H and O–H groups in total. The van der Waals surface area contributed by atoms with Crippen molar-refractivity contribution < 1.29 is 4.79 Å². The van der Waals surface area contributed by atoms with Crippen molar-refractivity contribution in [2.24, 2.45) is 5.73 Å². The molecule has 1 saturated heterocycles. The second-order valence-electron chi connectivity index (χ2n) is 6.39. The Morgan fingerprint density at radius 2 is 2.04 bits per heavy atom. The van der Waals surface area contributed by atoms with Crippen LogP contribution in [-0.2, 0) is 4.79 Å². The molecule has 2 aromatic heterocycles. The molecule has 26 heavy (non-hydrogen) atoms. The van der Waals surface area contributed by atoms with Crippen LogP contribution in [-0.4, -0.2) is 61.4 Å². The second-order valence-corrected chi connectivity index (χ2v) is 6.39. The molecule has 4 rings (SSSR count). The largest absolute Gasteiger partial charge is 0.369 e. The summed E-state index contributed by atoms with van der Waals surface area (Å²) in [6, 6.07) is 9.82. The number of para-hydroxylation sites is 1. The van der Waals surface area contributed by atoms with Crippen LogP contribution in [0.2, 0.25) is 0 Å². The summed E-state index contributed by atoms with van der Waals surface area (Å²) in [6.07, 6.45) is 3.53. The molecule has 3 aromatic rings. The van der Waals surface area contributed by atoms with Gasteiger partial charge in [-0.05, 0) is 25.0 Å². The molecule has 0 unspecified atom stereocenters. The van der Waals surface area contributed by atoms with Crippen molar-refractivity contribution in [2.75, 3.05) is 25.0 Å². The normalized spacial score (nSPS) is 16.0. The first-order valence-corrected chi connectivity index (χ1v) is 8.60. The fraction of sp³-hybridized carbons (Fsp3) is 0.353. The molecular formula is C17H20N8O. The van der Waals surface area contributed by atoms with Gasteiger partial charge in [-0.2, -0.15) is 9.67 Å². The van der Waals surface area contributed by atoms with E-state index >= 15 is 0 Å². The average molecular weight is 352 g/mol. The summed E-state index contributed by atoms with van der Waals surface area (Å²) in [7, 11) is 0. The molecule has 9 heteroatoms. The molecule has 3 heterocycles. The minimum atomic E-state index is -0.285. The van der Waals surface area contributed by atoms with Gasteiger partial charge in [0.15, 0.2) is 5.82 Å². The molecule has 1 fully saturated rings. The molecule has 0 aliphatic carbocycles. The number of carbonyl (C=O) groups excluding carboxylic acids is 1. The van der Waals surface area contributed by atoms with E-state index in [0.29, 0.717) is 18.3 Å². The summed E-state index contributed by atoms with van der Waals surface area (Å²) in [6.45, 7) is 1.97. The molecule has 0 bridgehead atoms. The lowest BCUT2D eigenvalue weighted by atomic mass is 10.1. The van der Waals surface area contributed by atoms with E-state index in [1.807, 2.05) is 30.3 Å². The first-order valence-electron chi connectivity index (χ1n) is 8.60. The van der Waals surface area contributed by atoms with Crippen LogP contribution in [0.3, 0.4) is 0 Å². The van der Waals surface area contributed by atoms with E-state index < -0.39 is 0 Å². The zero-order valence-corrected chi connectivity index (χ0v) is 14.2. The third-order valence-corrected chi connectivity index (χ3v) is 4.51. The van der Waals surface area contributed by atoms with Gasteiger partial charge in [0.2, 0.25) is 11.9 Å². The molecular weight excluding hydrogens is 332 g/mol. The Morgan fingerprint density at radius 3 is 2.85 bits per heavy atom. The smallest absolute Gasteiger partial charge is 0.231 e. The van der Waals surface area contributed by atoms with Gasteiger partial charge in [0.25, 0.3) is 0 Å². The maximum absolute atomic E-state index is 11.0. The lowest BCUT2D eigenvalue weighted by Gasteiger charge is -2.31. The van der Waals surface area contributed by atoms with E-state index in [9.17, 15) is 4.79 Å². The number of likely N-dealkylation sites (tertiary alicyclic amines) is 1. The summed E-state index contributed by atoms with van der Waals surface area (Å²) in [5.74, 6) is 0.949. The second kappa shape index (κ2) is 7.04. The quantitative estimate of drug-likeness (QED) is 0.690. The molecule has 0 saturated carbocycles. The number of nitrogens with zero attached hydrogens (tertiary/aromatic N) is 6. The topological polar surface area (TPSA) is 115 Å². The van der Waals surface area contributed by atoms with Crippen LogP contribution >= 0.6 is 0 Å². The van der Waals surface area contributed by atoms with Gasteiger partial charge in [-0.15, -0.1) is 5.10 Å². The Morgan fingerprint density at radius 1 is 1.23 bits per heavy atom. The Labute approximate surface area is 150 Å². The van der Waals surface area contributed by atoms with E-state index in [-0.39, 0.29) is 11.9 Å². The van der Waals surface area contributed by atoms with Crippen LogP contribution in [0.4, 0.5) is 5.95 Å². The summed E-state index contributed by atoms with van der Waals surface area (Å²) in [4.78, 5) is 22.0. The Balaban J connectivity index is 1.46. The number of primary amides is 1. The molecule has 1 aromatic carbocycles. The minimum Gasteiger partial charge on any atom is -0.369 e. The van der Waals surface area contributed by atoms with Crippen LogP contribution in [0.5, 0.6) is 0 Å². The van der Waals surface area contributed by atoms with Crippen LogP contribution in [0, 0.1) is 0 Å². The number of piperidine rings is 1. The summed E-state index contributed by atoms with van der Waals surface area (Å²) in [5, 5.41) is 11.7. The molecule has 134 valence electrons. The van der Waals surface area contributed by atoms with Gasteiger partial charge in [0.1, 0.15) is 5.52 Å². The molecule has 0 spiro atoms. The Bertz CT molecular complexity index is 916. The fourth-order valence-electron chi connectivity index (χ4n) is 3.21. The molecule has 1 amide bonds. The van der Waals surface area contributed by atoms with Crippen molar-refractivity contribution in [1.82, 2.24) is 29.9 Å². The van der Waals surface area contributed by atoms with Gasteiger partial charge in [-0.1, -0.05) is 17.3 Å². The van der Waals surface area contributed by atoms with Crippen molar-refractivity contribution in [1.29, 1.82) is 0 Å². The van der Waals surface area contributed by atoms with Crippen molar-refractivity contribution in [3.05, 3.63) is 36.5 Å². The van der Waals surface area contributed by atoms with E-state index in [4.69, 9.17) is 5.73 Å². The maximum Gasteiger partial charge on any atom is 0.231 e. The zero-order valence-electron chi connectivity index (χ0n) is 14.2. The van der Waals surface area contributed by atoms with Crippen molar-refractivity contribution in [3.63, 3.8) is 0 Å². The minimum absolute atomic E-state index is 0.266. The number of carbonyl (C=O) groups is 1. The van der Waals surface area contributed by atoms with Crippen molar-refractivity contribution in [3.8, 4) is 5.82 Å². The van der Waals surface area contributed by atoms with E-state index in [1.165, 1.54) is 0 Å². The molecule has 0 radical (unpaired) electrons. The Kier molecular flexibility index (Phi) is 4.44. The van der Waals surface area contributed by atoms with Gasteiger partial charge in [-0.3, -0.25) is 9.69 Å². The number of hydrogen-bond acceptors (Lipinski definition) is 7. The predicted molar refractivity (Wildman–Crippen MR) is 96.7 cm³/mol. The van der Waals surface area contributed by atoms with Gasteiger partial charge < -0.3 is 11.1 Å². The summed E-state index contributed by atoms with van der Waals surface area (Å²) >= 11 is 0. The number of hydrogen-bond donors (Lipinski definition) is 2. The molecule has 1 aliphatic rings. The van der Waals surface area contributed by atoms with E-state index in [0.717, 1.165) is 37.0 Å². The highest BCUT2D eigenvalue weighted by atomic mass is 16.1. The Hall–Kier alpha value is -3.07. The molecule has 0 atom stereocenters. The lowest BCUT2D eigenvalue weighted by Crippen LogP contribution is -2.43. The standard InChI is InChI=1S/C17H20N8O/c18-15(26)11-24-9-6-12(7-10-24)20-17-19-8-5-16(21-17)25-14-4-2-1-3-13(14)22-23-25/h1-5,8,12H,6-7,9-11H2,(H2,18,26)(H,19,20,21). The van der Waals surface area contributed by atoms with Crippen LogP contribution in [0.1, 0.15) is 12.8 Å². The number of benzene rings is 1. The third kappa shape index (κ3) is 3.47. The van der Waals surface area contributed by atoms with E-state index in [2.05, 4.69) is 30.5 Å².